The van der Waals surface area contributed by atoms with Crippen LogP contribution in [0.5, 0.6) is 0 Å². The lowest BCUT2D eigenvalue weighted by Crippen LogP contribution is -2.43. The van der Waals surface area contributed by atoms with Gasteiger partial charge in [-0.2, -0.15) is 0 Å². The molecular weight excluding hydrogens is 316 g/mol. The molecule has 0 bridgehead atoms. The van der Waals surface area contributed by atoms with Crippen LogP contribution in [0.4, 0.5) is 0 Å². The van der Waals surface area contributed by atoms with Crippen LogP contribution >= 0.6 is 0 Å². The highest BCUT2D eigenvalue weighted by molar-refractivity contribution is 7.92. The fraction of sp³-hybridized carbons (Fsp3) is 0.333. The first kappa shape index (κ1) is 17.0. The van der Waals surface area contributed by atoms with E-state index in [2.05, 4.69) is 13.8 Å². The van der Waals surface area contributed by atoms with Gasteiger partial charge >= 0.3 is 0 Å². The Morgan fingerprint density at radius 1 is 0.875 bits per heavy atom. The van der Waals surface area contributed by atoms with E-state index in [4.69, 9.17) is 0 Å². The van der Waals surface area contributed by atoms with Crippen LogP contribution in [0.25, 0.3) is 0 Å². The molecule has 2 aromatic rings. The summed E-state index contributed by atoms with van der Waals surface area (Å²) < 4.78 is 26.3. The van der Waals surface area contributed by atoms with Crippen LogP contribution in [0.2, 0.25) is 0 Å². The minimum Gasteiger partial charge on any atom is -0.223 e. The predicted molar refractivity (Wildman–Crippen MR) is 98.7 cm³/mol. The lowest BCUT2D eigenvalue weighted by Gasteiger charge is -2.38. The van der Waals surface area contributed by atoms with E-state index in [1.54, 1.807) is 24.3 Å². The molecule has 0 radical (unpaired) electrons. The largest absolute Gasteiger partial charge is 0.223 e. The molecule has 0 N–H and O–H groups in total. The van der Waals surface area contributed by atoms with Crippen molar-refractivity contribution in [3.8, 4) is 0 Å². The van der Waals surface area contributed by atoms with Gasteiger partial charge in [-0.05, 0) is 57.2 Å². The van der Waals surface area contributed by atoms with Crippen LogP contribution in [0.15, 0.2) is 76.7 Å². The number of allylic oxidation sites excluding steroid dienone is 2. The van der Waals surface area contributed by atoms with Crippen molar-refractivity contribution in [2.24, 2.45) is 0 Å². The summed E-state index contributed by atoms with van der Waals surface area (Å²) in [6.07, 6.45) is 2.72. The van der Waals surface area contributed by atoms with Crippen molar-refractivity contribution in [1.82, 2.24) is 0 Å². The van der Waals surface area contributed by atoms with E-state index in [1.807, 2.05) is 36.4 Å². The Kier molecular flexibility index (Phi) is 4.64. The van der Waals surface area contributed by atoms with E-state index >= 15 is 0 Å². The maximum Gasteiger partial charge on any atom is 0.184 e. The SMILES string of the molecule is CC1=C(C)C[C@](Cc2ccccc2)(S(=O)(=O)c2ccccc2)CC1. The second kappa shape index (κ2) is 6.56. The van der Waals surface area contributed by atoms with Gasteiger partial charge in [0.25, 0.3) is 0 Å². The second-order valence-corrected chi connectivity index (χ2v) is 9.24. The first-order valence-electron chi connectivity index (χ1n) is 8.43. The summed E-state index contributed by atoms with van der Waals surface area (Å²) in [6.45, 7) is 4.20. The van der Waals surface area contributed by atoms with Crippen molar-refractivity contribution in [3.63, 3.8) is 0 Å². The number of hydrogen-bond acceptors (Lipinski definition) is 2. The maximum absolute atomic E-state index is 13.5. The highest BCUT2D eigenvalue weighted by atomic mass is 32.2. The quantitative estimate of drug-likeness (QED) is 0.737. The molecule has 1 atom stereocenters. The second-order valence-electron chi connectivity index (χ2n) is 6.90. The third kappa shape index (κ3) is 3.05. The molecule has 0 fully saturated rings. The molecule has 0 aromatic heterocycles. The van der Waals surface area contributed by atoms with Gasteiger partial charge in [0.2, 0.25) is 0 Å². The van der Waals surface area contributed by atoms with Gasteiger partial charge in [0.15, 0.2) is 9.84 Å². The highest BCUT2D eigenvalue weighted by Gasteiger charge is 2.46. The maximum atomic E-state index is 13.5. The summed E-state index contributed by atoms with van der Waals surface area (Å²) in [5, 5.41) is 0. The third-order valence-corrected chi connectivity index (χ3v) is 7.79. The van der Waals surface area contributed by atoms with Crippen LogP contribution < -0.4 is 0 Å². The summed E-state index contributed by atoms with van der Waals surface area (Å²) in [5.41, 5.74) is 3.64. The van der Waals surface area contributed by atoms with Crippen molar-refractivity contribution in [3.05, 3.63) is 77.4 Å². The molecule has 0 spiro atoms. The monoisotopic (exact) mass is 340 g/mol. The van der Waals surface area contributed by atoms with E-state index < -0.39 is 14.6 Å². The molecule has 0 saturated carbocycles. The lowest BCUT2D eigenvalue weighted by molar-refractivity contribution is 0.450. The molecule has 2 aromatic carbocycles. The molecule has 0 amide bonds. The lowest BCUT2D eigenvalue weighted by atomic mass is 9.81. The highest BCUT2D eigenvalue weighted by Crippen LogP contribution is 2.43. The molecule has 1 aliphatic rings. The fourth-order valence-electron chi connectivity index (χ4n) is 3.64. The topological polar surface area (TPSA) is 34.1 Å². The van der Waals surface area contributed by atoms with Crippen molar-refractivity contribution in [2.75, 3.05) is 0 Å². The minimum atomic E-state index is -3.41. The van der Waals surface area contributed by atoms with Gasteiger partial charge in [-0.3, -0.25) is 0 Å². The molecule has 0 heterocycles. The molecule has 0 aliphatic heterocycles. The molecular formula is C21H24O2S. The van der Waals surface area contributed by atoms with E-state index in [9.17, 15) is 8.42 Å². The first-order valence-corrected chi connectivity index (χ1v) is 9.92. The van der Waals surface area contributed by atoms with Gasteiger partial charge in [0.1, 0.15) is 0 Å². The summed E-state index contributed by atoms with van der Waals surface area (Å²) in [5.74, 6) is 0. The molecule has 2 nitrogen and oxygen atoms in total. The number of benzene rings is 2. The summed E-state index contributed by atoms with van der Waals surface area (Å²) in [7, 11) is -3.41. The van der Waals surface area contributed by atoms with E-state index in [0.29, 0.717) is 24.2 Å². The van der Waals surface area contributed by atoms with Crippen molar-refractivity contribution < 1.29 is 8.42 Å². The van der Waals surface area contributed by atoms with E-state index in [-0.39, 0.29) is 0 Å². The molecule has 24 heavy (non-hydrogen) atoms. The predicted octanol–water partition coefficient (Wildman–Crippen LogP) is 4.96. The van der Waals surface area contributed by atoms with Gasteiger partial charge in [0, 0.05) is 0 Å². The Morgan fingerprint density at radius 3 is 2.04 bits per heavy atom. The van der Waals surface area contributed by atoms with Crippen LogP contribution in [0.3, 0.4) is 0 Å². The van der Waals surface area contributed by atoms with Crippen LogP contribution in [0.1, 0.15) is 38.7 Å². The van der Waals surface area contributed by atoms with Gasteiger partial charge < -0.3 is 0 Å². The average molecular weight is 340 g/mol. The van der Waals surface area contributed by atoms with Gasteiger partial charge in [-0.25, -0.2) is 8.42 Å². The Bertz CT molecular complexity index is 836. The molecule has 0 unspecified atom stereocenters. The number of rotatable bonds is 4. The van der Waals surface area contributed by atoms with Crippen LogP contribution in [-0.2, 0) is 16.3 Å². The van der Waals surface area contributed by atoms with E-state index in [0.717, 1.165) is 12.0 Å². The fourth-order valence-corrected chi connectivity index (χ4v) is 5.79. The Labute approximate surface area is 145 Å². The Morgan fingerprint density at radius 2 is 1.46 bits per heavy atom. The summed E-state index contributed by atoms with van der Waals surface area (Å²) >= 11 is 0. The molecule has 126 valence electrons. The third-order valence-electron chi connectivity index (χ3n) is 5.26. The van der Waals surface area contributed by atoms with Gasteiger partial charge in [-0.15, -0.1) is 0 Å². The number of sulfone groups is 1. The summed E-state index contributed by atoms with van der Waals surface area (Å²) in [6, 6.07) is 18.9. The van der Waals surface area contributed by atoms with Crippen molar-refractivity contribution in [1.29, 1.82) is 0 Å². The normalized spacial score (nSPS) is 21.8. The van der Waals surface area contributed by atoms with Crippen molar-refractivity contribution in [2.45, 2.75) is 49.2 Å². The Balaban J connectivity index is 2.10. The average Bonchev–Trinajstić information content (AvgIpc) is 2.60. The minimum absolute atomic E-state index is 0.438. The molecule has 3 heteroatoms. The zero-order valence-corrected chi connectivity index (χ0v) is 15.1. The first-order chi connectivity index (χ1) is 11.4. The standard InChI is InChI=1S/C21H24O2S/c1-17-13-14-21(15-18(17)2,16-19-9-5-3-6-10-19)24(22,23)20-11-7-4-8-12-20/h3-12H,13-16H2,1-2H3/t21-/m1/s1. The molecule has 3 rings (SSSR count). The molecule has 0 saturated heterocycles. The van der Waals surface area contributed by atoms with Gasteiger partial charge in [-0.1, -0.05) is 59.7 Å². The zero-order valence-electron chi connectivity index (χ0n) is 14.3. The Hall–Kier alpha value is -1.87. The van der Waals surface area contributed by atoms with Gasteiger partial charge in [0.05, 0.1) is 9.64 Å². The van der Waals surface area contributed by atoms with Crippen molar-refractivity contribution >= 4 is 9.84 Å². The summed E-state index contributed by atoms with van der Waals surface area (Å²) in [4.78, 5) is 0.438. The zero-order chi connectivity index (χ0) is 17.2. The van der Waals surface area contributed by atoms with Crippen LogP contribution in [-0.4, -0.2) is 13.2 Å². The van der Waals surface area contributed by atoms with Crippen LogP contribution in [0, 0.1) is 0 Å². The number of hydrogen-bond donors (Lipinski definition) is 0. The molecule has 1 aliphatic carbocycles. The smallest absolute Gasteiger partial charge is 0.184 e. The van der Waals surface area contributed by atoms with E-state index in [1.165, 1.54) is 11.1 Å².